The van der Waals surface area contributed by atoms with Crippen LogP contribution in [0.5, 0.6) is 0 Å². The minimum atomic E-state index is 0. The molecule has 2 aromatic carbocycles. The van der Waals surface area contributed by atoms with Gasteiger partial charge in [-0.15, -0.1) is 0 Å². The van der Waals surface area contributed by atoms with Crippen LogP contribution in [0.25, 0.3) is 11.1 Å². The van der Waals surface area contributed by atoms with Crippen molar-refractivity contribution < 1.29 is 22.3 Å². The van der Waals surface area contributed by atoms with Crippen LogP contribution in [-0.4, -0.2) is 0 Å². The van der Waals surface area contributed by atoms with Gasteiger partial charge in [-0.2, -0.15) is 0 Å². The van der Waals surface area contributed by atoms with Crippen LogP contribution in [0.4, 0.5) is 11.4 Å². The Balaban J connectivity index is 0.000000750. The summed E-state index contributed by atoms with van der Waals surface area (Å²) in [6, 6.07) is 17.0. The zero-order valence-electron chi connectivity index (χ0n) is 7.57. The van der Waals surface area contributed by atoms with Gasteiger partial charge in [-0.05, 0) is 12.1 Å². The monoisotopic (exact) mass is 247 g/mol. The molecule has 2 aromatic rings. The molecule has 1 nitrogen and oxygen atoms in total. The number of nitrogens with two attached hydrogens (primary N) is 1. The van der Waals surface area contributed by atoms with Gasteiger partial charge in [0.05, 0.1) is 0 Å². The number of fused-ring (bicyclic) bond motifs is 3. The number of rotatable bonds is 0. The van der Waals surface area contributed by atoms with Crippen LogP contribution in [-0.2, 0) is 0 Å². The topological polar surface area (TPSA) is 16.6 Å². The van der Waals surface area contributed by atoms with Gasteiger partial charge in [-0.1, -0.05) is 24.3 Å². The molecule has 1 heterocycles. The van der Waals surface area contributed by atoms with Crippen LogP contribution >= 0.6 is 0 Å². The van der Waals surface area contributed by atoms with Gasteiger partial charge in [0.1, 0.15) is 11.4 Å². The lowest BCUT2D eigenvalue weighted by atomic mass is 10.1. The fourth-order valence-electron chi connectivity index (χ4n) is 1.90. The molecule has 0 bridgehead atoms. The van der Waals surface area contributed by atoms with Crippen molar-refractivity contribution in [3.05, 3.63) is 48.5 Å². The van der Waals surface area contributed by atoms with E-state index in [1.165, 1.54) is 22.5 Å². The van der Waals surface area contributed by atoms with Crippen molar-refractivity contribution in [2.24, 2.45) is 0 Å². The Kier molecular flexibility index (Phi) is 2.40. The fraction of sp³-hybridized carbons (Fsp3) is 0. The number of benzene rings is 2. The number of hydrogen-bond acceptors (Lipinski definition) is 0. The summed E-state index contributed by atoms with van der Waals surface area (Å²) in [5, 5.41) is 2.24. The molecule has 14 heavy (non-hydrogen) atoms. The van der Waals surface area contributed by atoms with Crippen molar-refractivity contribution in [1.82, 2.24) is 0 Å². The van der Waals surface area contributed by atoms with Gasteiger partial charge in [0, 0.05) is 23.3 Å². The summed E-state index contributed by atoms with van der Waals surface area (Å²) in [6.07, 6.45) is 0. The molecule has 0 aromatic heterocycles. The van der Waals surface area contributed by atoms with Crippen molar-refractivity contribution in [3.8, 4) is 11.1 Å². The van der Waals surface area contributed by atoms with Crippen molar-refractivity contribution in [2.45, 2.75) is 0 Å². The summed E-state index contributed by atoms with van der Waals surface area (Å²) in [4.78, 5) is 0. The van der Waals surface area contributed by atoms with E-state index in [1.807, 2.05) is 0 Å². The van der Waals surface area contributed by atoms with Crippen LogP contribution < -0.4 is 22.3 Å². The summed E-state index contributed by atoms with van der Waals surface area (Å²) in [5.41, 5.74) is 5.39. The molecule has 0 saturated heterocycles. The van der Waals surface area contributed by atoms with E-state index < -0.39 is 0 Å². The third kappa shape index (κ3) is 1.27. The van der Waals surface area contributed by atoms with Crippen LogP contribution in [0.3, 0.4) is 0 Å². The van der Waals surface area contributed by atoms with E-state index in [2.05, 4.69) is 53.8 Å². The quantitative estimate of drug-likeness (QED) is 0.501. The molecule has 0 radical (unpaired) electrons. The molecule has 1 aliphatic heterocycles. The fourth-order valence-corrected chi connectivity index (χ4v) is 1.90. The number of halogens is 1. The van der Waals surface area contributed by atoms with E-state index in [0.717, 1.165) is 0 Å². The first-order valence-electron chi connectivity index (χ1n) is 4.48. The minimum absolute atomic E-state index is 0. The Hall–Kier alpha value is -1.12. The first kappa shape index (κ1) is 9.44. The van der Waals surface area contributed by atoms with Gasteiger partial charge in [0.2, 0.25) is 0 Å². The SMILES string of the molecule is [Br-].c1ccc2c(c1)[NH2+]c1ccccc1-2. The smallest absolute Gasteiger partial charge is 0.142 e. The van der Waals surface area contributed by atoms with E-state index in [-0.39, 0.29) is 17.0 Å². The second kappa shape index (κ2) is 3.56. The van der Waals surface area contributed by atoms with E-state index in [9.17, 15) is 0 Å². The Bertz CT molecular complexity index is 422. The number of para-hydroxylation sites is 2. The minimum Gasteiger partial charge on any atom is -1.00 e. The van der Waals surface area contributed by atoms with Gasteiger partial charge >= 0.3 is 0 Å². The van der Waals surface area contributed by atoms with Gasteiger partial charge in [0.15, 0.2) is 0 Å². The van der Waals surface area contributed by atoms with Crippen LogP contribution in [0.1, 0.15) is 0 Å². The van der Waals surface area contributed by atoms with E-state index in [4.69, 9.17) is 0 Å². The predicted octanol–water partition coefficient (Wildman–Crippen LogP) is -0.802. The third-order valence-electron chi connectivity index (χ3n) is 2.52. The first-order chi connectivity index (χ1) is 6.45. The van der Waals surface area contributed by atoms with E-state index in [1.54, 1.807) is 0 Å². The lowest BCUT2D eigenvalue weighted by molar-refractivity contribution is -0.473. The zero-order valence-corrected chi connectivity index (χ0v) is 9.16. The van der Waals surface area contributed by atoms with Crippen molar-refractivity contribution in [1.29, 1.82) is 0 Å². The summed E-state index contributed by atoms with van der Waals surface area (Å²) in [6.45, 7) is 0. The number of hydrogen-bond donors (Lipinski definition) is 1. The Morgan fingerprint density at radius 2 is 1.07 bits per heavy atom. The highest BCUT2D eigenvalue weighted by Gasteiger charge is 2.20. The Morgan fingerprint density at radius 3 is 1.57 bits per heavy atom. The molecule has 1 aliphatic rings. The lowest BCUT2D eigenvalue weighted by Crippen LogP contribution is -3.00. The molecule has 0 spiro atoms. The number of quaternary nitrogens is 1. The van der Waals surface area contributed by atoms with Gasteiger partial charge in [-0.25, -0.2) is 0 Å². The molecule has 0 amide bonds. The normalized spacial score (nSPS) is 11.4. The largest absolute Gasteiger partial charge is 1.00 e. The second-order valence-electron chi connectivity index (χ2n) is 3.32. The zero-order chi connectivity index (χ0) is 8.67. The highest BCUT2D eigenvalue weighted by molar-refractivity contribution is 5.84. The summed E-state index contributed by atoms with van der Waals surface area (Å²) >= 11 is 0. The molecular weight excluding hydrogens is 238 g/mol. The summed E-state index contributed by atoms with van der Waals surface area (Å²) in [5.74, 6) is 0. The average Bonchev–Trinajstić information content (AvgIpc) is 2.56. The maximum atomic E-state index is 2.24. The Morgan fingerprint density at radius 1 is 0.643 bits per heavy atom. The molecule has 0 saturated carbocycles. The molecular formula is C12H10BrN. The maximum absolute atomic E-state index is 2.24. The molecule has 2 heteroatoms. The molecule has 0 fully saturated rings. The van der Waals surface area contributed by atoms with Crippen molar-refractivity contribution in [2.75, 3.05) is 0 Å². The lowest BCUT2D eigenvalue weighted by Gasteiger charge is -1.91. The van der Waals surface area contributed by atoms with Gasteiger partial charge in [0.25, 0.3) is 0 Å². The summed E-state index contributed by atoms with van der Waals surface area (Å²) < 4.78 is 0. The Labute approximate surface area is 93.5 Å². The second-order valence-corrected chi connectivity index (χ2v) is 3.32. The van der Waals surface area contributed by atoms with E-state index >= 15 is 0 Å². The first-order valence-corrected chi connectivity index (χ1v) is 4.48. The summed E-state index contributed by atoms with van der Waals surface area (Å²) in [7, 11) is 0. The molecule has 0 atom stereocenters. The van der Waals surface area contributed by atoms with Crippen molar-refractivity contribution in [3.63, 3.8) is 0 Å². The third-order valence-corrected chi connectivity index (χ3v) is 2.52. The maximum Gasteiger partial charge on any atom is 0.142 e. The highest BCUT2D eigenvalue weighted by atomic mass is 79.9. The molecule has 0 aliphatic carbocycles. The molecule has 3 rings (SSSR count). The molecule has 2 N–H and O–H groups in total. The van der Waals surface area contributed by atoms with Gasteiger partial charge in [-0.3, -0.25) is 5.32 Å². The standard InChI is InChI=1S/C12H9N.BrH/c1-3-7-11-9(5-1)10-6-2-4-8-12(10)13-11;/h1-8,13H;1H. The van der Waals surface area contributed by atoms with Crippen LogP contribution in [0.2, 0.25) is 0 Å². The average molecular weight is 248 g/mol. The van der Waals surface area contributed by atoms with Crippen LogP contribution in [0.15, 0.2) is 48.5 Å². The highest BCUT2D eigenvalue weighted by Crippen LogP contribution is 2.34. The van der Waals surface area contributed by atoms with Crippen LogP contribution in [0, 0.1) is 0 Å². The van der Waals surface area contributed by atoms with Crippen molar-refractivity contribution >= 4 is 11.4 Å². The van der Waals surface area contributed by atoms with Gasteiger partial charge < -0.3 is 17.0 Å². The predicted molar refractivity (Wildman–Crippen MR) is 53.1 cm³/mol. The van der Waals surface area contributed by atoms with E-state index in [0.29, 0.717) is 0 Å². The molecule has 0 unspecified atom stereocenters. The molecule has 70 valence electrons.